The second-order valence-electron chi connectivity index (χ2n) is 4.78. The number of morpholine rings is 1. The molecule has 1 N–H and O–H groups in total. The molecule has 0 radical (unpaired) electrons. The molecule has 0 unspecified atom stereocenters. The molecule has 3 rings (SSSR count). The molecular weight excluding hydrogens is 292 g/mol. The highest BCUT2D eigenvalue weighted by molar-refractivity contribution is 7.07. The lowest BCUT2D eigenvalue weighted by Gasteiger charge is -2.31. The minimum Gasteiger partial charge on any atom is -0.366 e. The van der Waals surface area contributed by atoms with Gasteiger partial charge in [0.25, 0.3) is 5.91 Å². The van der Waals surface area contributed by atoms with E-state index in [1.54, 1.807) is 4.90 Å². The number of aryl methyl sites for hydroxylation is 1. The maximum absolute atomic E-state index is 12.3. The number of rotatable bonds is 4. The molecule has 1 atom stereocenters. The van der Waals surface area contributed by atoms with Crippen molar-refractivity contribution in [3.8, 4) is 0 Å². The Balaban J connectivity index is 1.69. The molecule has 21 heavy (non-hydrogen) atoms. The summed E-state index contributed by atoms with van der Waals surface area (Å²) in [6.07, 6.45) is 3.06. The Hall–Kier alpha value is -1.87. The number of ether oxygens (including phenoxy) is 1. The van der Waals surface area contributed by atoms with Crippen molar-refractivity contribution in [2.45, 2.75) is 25.9 Å². The Labute approximate surface area is 125 Å². The largest absolute Gasteiger partial charge is 0.366 e. The van der Waals surface area contributed by atoms with E-state index in [2.05, 4.69) is 31.7 Å². The van der Waals surface area contributed by atoms with Crippen LogP contribution < -0.4 is 0 Å². The number of nitrogens with zero attached hydrogens (tertiary/aromatic N) is 5. The van der Waals surface area contributed by atoms with E-state index < -0.39 is 0 Å². The average Bonchev–Trinajstić information content (AvgIpc) is 3.18. The zero-order chi connectivity index (χ0) is 14.7. The lowest BCUT2D eigenvalue weighted by molar-refractivity contribution is -0.0265. The highest BCUT2D eigenvalue weighted by atomic mass is 32.1. The van der Waals surface area contributed by atoms with E-state index in [1.165, 1.54) is 6.20 Å². The van der Waals surface area contributed by atoms with Gasteiger partial charge >= 0.3 is 0 Å². The van der Waals surface area contributed by atoms with Gasteiger partial charge in [0, 0.05) is 13.0 Å². The van der Waals surface area contributed by atoms with Crippen molar-refractivity contribution in [3.05, 3.63) is 22.7 Å². The summed E-state index contributed by atoms with van der Waals surface area (Å²) < 4.78 is 9.41. The van der Waals surface area contributed by atoms with Crippen LogP contribution in [0.1, 0.15) is 40.8 Å². The van der Waals surface area contributed by atoms with Gasteiger partial charge in [-0.25, -0.2) is 4.98 Å². The van der Waals surface area contributed by atoms with Crippen molar-refractivity contribution in [3.63, 3.8) is 0 Å². The van der Waals surface area contributed by atoms with E-state index in [1.807, 2.05) is 0 Å². The second kappa shape index (κ2) is 6.27. The fourth-order valence-electron chi connectivity index (χ4n) is 2.21. The van der Waals surface area contributed by atoms with Gasteiger partial charge < -0.3 is 9.64 Å². The maximum Gasteiger partial charge on any atom is 0.267 e. The van der Waals surface area contributed by atoms with Crippen molar-refractivity contribution in [2.75, 3.05) is 19.7 Å². The van der Waals surface area contributed by atoms with Crippen molar-refractivity contribution >= 4 is 17.4 Å². The third-order valence-electron chi connectivity index (χ3n) is 3.25. The molecule has 1 fully saturated rings. The van der Waals surface area contributed by atoms with Crippen LogP contribution in [-0.4, -0.2) is 55.3 Å². The molecule has 8 nitrogen and oxygen atoms in total. The normalized spacial score (nSPS) is 18.9. The molecule has 0 spiro atoms. The van der Waals surface area contributed by atoms with Gasteiger partial charge in [-0.15, -0.1) is 5.10 Å². The van der Waals surface area contributed by atoms with Crippen molar-refractivity contribution in [2.24, 2.45) is 0 Å². The number of hydrogen-bond acceptors (Lipinski definition) is 7. The molecule has 9 heteroatoms. The Morgan fingerprint density at radius 3 is 3.29 bits per heavy atom. The first-order valence-electron chi connectivity index (χ1n) is 6.87. The number of aromatic nitrogens is 5. The summed E-state index contributed by atoms with van der Waals surface area (Å²) in [5, 5.41) is 10.8. The predicted octanol–water partition coefficient (Wildman–Crippen LogP) is 0.822. The molecule has 3 heterocycles. The van der Waals surface area contributed by atoms with E-state index in [0.717, 1.165) is 30.2 Å². The summed E-state index contributed by atoms with van der Waals surface area (Å²) in [5.74, 6) is 1.40. The molecule has 1 aliphatic heterocycles. The molecule has 1 aliphatic rings. The fraction of sp³-hybridized carbons (Fsp3) is 0.583. The lowest BCUT2D eigenvalue weighted by atomic mass is 10.2. The van der Waals surface area contributed by atoms with Gasteiger partial charge in [0.15, 0.2) is 5.82 Å². The maximum atomic E-state index is 12.3. The monoisotopic (exact) mass is 308 g/mol. The lowest BCUT2D eigenvalue weighted by Crippen LogP contribution is -2.42. The Morgan fingerprint density at radius 1 is 1.62 bits per heavy atom. The van der Waals surface area contributed by atoms with Crippen LogP contribution in [0, 0.1) is 0 Å². The standard InChI is InChI=1S/C12H16N6O2S/c1-2-3-10-14-11(16-15-10)8-7-18(4-5-20-8)12(19)9-6-13-17-21-9/h6,8H,2-5,7H2,1H3,(H,14,15,16)/t8-/m1/s1. The fourth-order valence-corrected chi connectivity index (χ4v) is 2.69. The zero-order valence-electron chi connectivity index (χ0n) is 11.7. The van der Waals surface area contributed by atoms with Gasteiger partial charge in [-0.3, -0.25) is 9.89 Å². The predicted molar refractivity (Wildman–Crippen MR) is 74.9 cm³/mol. The summed E-state index contributed by atoms with van der Waals surface area (Å²) in [6.45, 7) is 3.56. The zero-order valence-corrected chi connectivity index (χ0v) is 12.5. The molecule has 2 aromatic heterocycles. The molecule has 2 aromatic rings. The van der Waals surface area contributed by atoms with Crippen LogP contribution >= 0.6 is 11.5 Å². The van der Waals surface area contributed by atoms with E-state index >= 15 is 0 Å². The van der Waals surface area contributed by atoms with Crippen LogP contribution in [0.25, 0.3) is 0 Å². The number of nitrogens with one attached hydrogen (secondary N) is 1. The molecule has 0 aromatic carbocycles. The summed E-state index contributed by atoms with van der Waals surface area (Å²) in [4.78, 5) is 19.0. The number of hydrogen-bond donors (Lipinski definition) is 1. The van der Waals surface area contributed by atoms with Crippen molar-refractivity contribution < 1.29 is 9.53 Å². The Bertz CT molecular complexity index is 599. The third kappa shape index (κ3) is 3.08. The van der Waals surface area contributed by atoms with Gasteiger partial charge in [0.05, 0.1) is 19.3 Å². The summed E-state index contributed by atoms with van der Waals surface area (Å²) in [6, 6.07) is 0. The average molecular weight is 308 g/mol. The Kier molecular flexibility index (Phi) is 4.20. The summed E-state index contributed by atoms with van der Waals surface area (Å²) >= 11 is 1.10. The number of H-pyrrole nitrogens is 1. The summed E-state index contributed by atoms with van der Waals surface area (Å²) in [7, 11) is 0. The number of aromatic amines is 1. The molecule has 112 valence electrons. The number of carbonyl (C=O) groups is 1. The topological polar surface area (TPSA) is 96.9 Å². The molecule has 1 saturated heterocycles. The van der Waals surface area contributed by atoms with E-state index in [-0.39, 0.29) is 12.0 Å². The van der Waals surface area contributed by atoms with Crippen LogP contribution in [0.3, 0.4) is 0 Å². The van der Waals surface area contributed by atoms with Crippen LogP contribution in [0.4, 0.5) is 0 Å². The highest BCUT2D eigenvalue weighted by Crippen LogP contribution is 2.21. The van der Waals surface area contributed by atoms with Gasteiger partial charge in [-0.05, 0) is 18.0 Å². The van der Waals surface area contributed by atoms with Gasteiger partial charge in [0.2, 0.25) is 0 Å². The molecule has 0 bridgehead atoms. The summed E-state index contributed by atoms with van der Waals surface area (Å²) in [5.41, 5.74) is 0. The van der Waals surface area contributed by atoms with Crippen molar-refractivity contribution in [1.82, 2.24) is 29.7 Å². The quantitative estimate of drug-likeness (QED) is 0.898. The number of carbonyl (C=O) groups excluding carboxylic acids is 1. The highest BCUT2D eigenvalue weighted by Gasteiger charge is 2.29. The van der Waals surface area contributed by atoms with Crippen LogP contribution in [0.2, 0.25) is 0 Å². The van der Waals surface area contributed by atoms with Crippen LogP contribution in [0.5, 0.6) is 0 Å². The minimum atomic E-state index is -0.287. The van der Waals surface area contributed by atoms with E-state index in [0.29, 0.717) is 30.4 Å². The Morgan fingerprint density at radius 2 is 2.52 bits per heavy atom. The SMILES string of the molecule is CCCc1nc([C@H]2CN(C(=O)c3cnns3)CCO2)n[nH]1. The van der Waals surface area contributed by atoms with Crippen LogP contribution in [0.15, 0.2) is 6.20 Å². The first-order valence-corrected chi connectivity index (χ1v) is 7.64. The van der Waals surface area contributed by atoms with Crippen molar-refractivity contribution in [1.29, 1.82) is 0 Å². The molecule has 0 saturated carbocycles. The third-order valence-corrected chi connectivity index (χ3v) is 3.90. The number of amides is 1. The van der Waals surface area contributed by atoms with E-state index in [4.69, 9.17) is 4.74 Å². The smallest absolute Gasteiger partial charge is 0.267 e. The molecule has 0 aliphatic carbocycles. The first-order chi connectivity index (χ1) is 10.3. The second-order valence-corrected chi connectivity index (χ2v) is 5.57. The first kappa shape index (κ1) is 14.1. The molecular formula is C12H16N6O2S. The van der Waals surface area contributed by atoms with Gasteiger partial charge in [-0.1, -0.05) is 11.4 Å². The van der Waals surface area contributed by atoms with Gasteiger partial charge in [0.1, 0.15) is 16.8 Å². The molecule has 1 amide bonds. The van der Waals surface area contributed by atoms with Crippen LogP contribution in [-0.2, 0) is 11.2 Å². The minimum absolute atomic E-state index is 0.0670. The van der Waals surface area contributed by atoms with Gasteiger partial charge in [-0.2, -0.15) is 5.10 Å². The van der Waals surface area contributed by atoms with E-state index in [9.17, 15) is 4.79 Å².